The first-order chi connectivity index (χ1) is 8.36. The van der Waals surface area contributed by atoms with Crippen LogP contribution in [0.4, 0.5) is 4.39 Å². The second-order valence-corrected chi connectivity index (χ2v) is 6.54. The van der Waals surface area contributed by atoms with Crippen LogP contribution < -0.4 is 10.0 Å². The highest BCUT2D eigenvalue weighted by Crippen LogP contribution is 2.19. The molecule has 2 N–H and O–H groups in total. The fraction of sp³-hybridized carbons (Fsp3) is 0.455. The average Bonchev–Trinajstić information content (AvgIpc) is 2.30. The van der Waals surface area contributed by atoms with Gasteiger partial charge >= 0.3 is 0 Å². The van der Waals surface area contributed by atoms with E-state index in [1.54, 1.807) is 0 Å². The van der Waals surface area contributed by atoms with Crippen LogP contribution in [-0.2, 0) is 10.0 Å². The topological polar surface area (TPSA) is 58.2 Å². The van der Waals surface area contributed by atoms with E-state index < -0.39 is 15.8 Å². The molecule has 1 rings (SSSR count). The Morgan fingerprint density at radius 1 is 1.42 bits per heavy atom. The van der Waals surface area contributed by atoms with Crippen molar-refractivity contribution in [1.82, 2.24) is 10.0 Å². The van der Waals surface area contributed by atoms with Crippen LogP contribution in [0.25, 0.3) is 0 Å². The van der Waals surface area contributed by atoms with E-state index in [1.807, 2.05) is 13.8 Å². The fourth-order valence-corrected chi connectivity index (χ4v) is 3.16. The second kappa shape index (κ2) is 8.16. The van der Waals surface area contributed by atoms with Crippen molar-refractivity contribution in [1.29, 1.82) is 0 Å². The largest absolute Gasteiger partial charge is 0.313 e. The monoisotopic (exact) mass is 374 g/mol. The Morgan fingerprint density at radius 2 is 2.05 bits per heavy atom. The molecule has 1 aromatic carbocycles. The molecule has 4 nitrogen and oxygen atoms in total. The van der Waals surface area contributed by atoms with Crippen molar-refractivity contribution >= 4 is 38.4 Å². The summed E-state index contributed by atoms with van der Waals surface area (Å²) in [5.41, 5.74) is 0. The first kappa shape index (κ1) is 18.8. The van der Waals surface area contributed by atoms with Crippen LogP contribution in [0.5, 0.6) is 0 Å². The summed E-state index contributed by atoms with van der Waals surface area (Å²) in [4.78, 5) is -0.347. The van der Waals surface area contributed by atoms with Crippen molar-refractivity contribution in [2.75, 3.05) is 13.1 Å². The van der Waals surface area contributed by atoms with Gasteiger partial charge in [-0.15, -0.1) is 12.4 Å². The summed E-state index contributed by atoms with van der Waals surface area (Å²) in [7, 11) is -3.82. The van der Waals surface area contributed by atoms with Gasteiger partial charge in [-0.3, -0.25) is 0 Å². The van der Waals surface area contributed by atoms with Crippen LogP contribution >= 0.6 is 28.3 Å². The lowest BCUT2D eigenvalue weighted by atomic mass is 10.3. The van der Waals surface area contributed by atoms with Crippen LogP contribution in [0.15, 0.2) is 27.6 Å². The summed E-state index contributed by atoms with van der Waals surface area (Å²) >= 11 is 3.12. The van der Waals surface area contributed by atoms with Gasteiger partial charge < -0.3 is 5.32 Å². The smallest absolute Gasteiger partial charge is 0.243 e. The summed E-state index contributed by atoms with van der Waals surface area (Å²) < 4.78 is 40.2. The molecule has 0 spiro atoms. The fourth-order valence-electron chi connectivity index (χ4n) is 1.42. The molecule has 0 aromatic heterocycles. The highest BCUT2D eigenvalue weighted by Gasteiger charge is 2.19. The van der Waals surface area contributed by atoms with Gasteiger partial charge in [-0.1, -0.05) is 22.9 Å². The van der Waals surface area contributed by atoms with Gasteiger partial charge in [0, 0.05) is 17.1 Å². The number of hydrogen-bond acceptors (Lipinski definition) is 3. The zero-order valence-corrected chi connectivity index (χ0v) is 13.8. The van der Waals surface area contributed by atoms with E-state index in [0.29, 0.717) is 4.47 Å². The van der Waals surface area contributed by atoms with E-state index in [4.69, 9.17) is 0 Å². The number of sulfonamides is 1. The van der Waals surface area contributed by atoms with Gasteiger partial charge in [0.05, 0.1) is 0 Å². The zero-order chi connectivity index (χ0) is 13.8. The quantitative estimate of drug-likeness (QED) is 0.802. The number of hydrogen-bond donors (Lipinski definition) is 2. The predicted octanol–water partition coefficient (Wildman–Crippen LogP) is 2.29. The Labute approximate surface area is 127 Å². The molecule has 0 saturated heterocycles. The van der Waals surface area contributed by atoms with Crippen molar-refractivity contribution < 1.29 is 12.8 Å². The Hall–Kier alpha value is -0.210. The maximum atomic E-state index is 13.5. The number of nitrogens with one attached hydrogen (secondary N) is 2. The van der Waals surface area contributed by atoms with E-state index >= 15 is 0 Å². The molecule has 0 bridgehead atoms. The Morgan fingerprint density at radius 3 is 2.63 bits per heavy atom. The van der Waals surface area contributed by atoms with Crippen LogP contribution in [-0.4, -0.2) is 27.5 Å². The molecule has 1 aromatic rings. The minimum Gasteiger partial charge on any atom is -0.313 e. The van der Waals surface area contributed by atoms with Gasteiger partial charge in [-0.05, 0) is 31.7 Å². The van der Waals surface area contributed by atoms with Crippen LogP contribution in [0.2, 0.25) is 0 Å². The number of benzene rings is 1. The van der Waals surface area contributed by atoms with Crippen LogP contribution in [0, 0.1) is 5.82 Å². The third kappa shape index (κ3) is 5.74. The Kier molecular flexibility index (Phi) is 8.07. The summed E-state index contributed by atoms with van der Waals surface area (Å²) in [6.45, 7) is 4.73. The maximum absolute atomic E-state index is 13.5. The lowest BCUT2D eigenvalue weighted by Gasteiger charge is -2.14. The van der Waals surface area contributed by atoms with Crippen molar-refractivity contribution in [3.63, 3.8) is 0 Å². The van der Waals surface area contributed by atoms with Gasteiger partial charge in [-0.25, -0.2) is 17.5 Å². The summed E-state index contributed by atoms with van der Waals surface area (Å²) in [5, 5.41) is 3.07. The second-order valence-electron chi connectivity index (χ2n) is 3.89. The normalized spacial score (nSPS) is 12.8. The Bertz CT molecular complexity index is 513. The molecule has 0 aliphatic rings. The Balaban J connectivity index is 0.00000324. The molecule has 19 heavy (non-hydrogen) atoms. The highest BCUT2D eigenvalue weighted by atomic mass is 79.9. The molecule has 8 heteroatoms. The lowest BCUT2D eigenvalue weighted by Crippen LogP contribution is -2.39. The van der Waals surface area contributed by atoms with E-state index in [9.17, 15) is 12.8 Å². The third-order valence-corrected chi connectivity index (χ3v) is 4.25. The van der Waals surface area contributed by atoms with Crippen LogP contribution in [0.3, 0.4) is 0 Å². The van der Waals surface area contributed by atoms with Gasteiger partial charge in [0.1, 0.15) is 10.7 Å². The maximum Gasteiger partial charge on any atom is 0.243 e. The molecule has 0 fully saturated rings. The van der Waals surface area contributed by atoms with Crippen molar-refractivity contribution in [3.8, 4) is 0 Å². The molecule has 0 radical (unpaired) electrons. The third-order valence-electron chi connectivity index (χ3n) is 2.31. The van der Waals surface area contributed by atoms with Gasteiger partial charge in [0.25, 0.3) is 0 Å². The molecule has 0 unspecified atom stereocenters. The molecule has 0 heterocycles. The van der Waals surface area contributed by atoms with Crippen LogP contribution in [0.1, 0.15) is 13.8 Å². The predicted molar refractivity (Wildman–Crippen MR) is 79.7 cm³/mol. The molecule has 110 valence electrons. The van der Waals surface area contributed by atoms with Gasteiger partial charge in [0.15, 0.2) is 0 Å². The minimum atomic E-state index is -3.82. The molecule has 1 atom stereocenters. The van der Waals surface area contributed by atoms with E-state index in [1.165, 1.54) is 12.1 Å². The van der Waals surface area contributed by atoms with Crippen molar-refractivity contribution in [2.45, 2.75) is 24.8 Å². The first-order valence-electron chi connectivity index (χ1n) is 5.55. The summed E-state index contributed by atoms with van der Waals surface area (Å²) in [6, 6.07) is 3.80. The molecule has 0 aliphatic heterocycles. The summed E-state index contributed by atoms with van der Waals surface area (Å²) in [5.74, 6) is -0.762. The molecular weight excluding hydrogens is 359 g/mol. The van der Waals surface area contributed by atoms with E-state index in [2.05, 4.69) is 26.0 Å². The van der Waals surface area contributed by atoms with Crippen molar-refractivity contribution in [3.05, 3.63) is 28.5 Å². The van der Waals surface area contributed by atoms with Crippen molar-refractivity contribution in [2.24, 2.45) is 0 Å². The highest BCUT2D eigenvalue weighted by molar-refractivity contribution is 9.10. The number of rotatable bonds is 6. The van der Waals surface area contributed by atoms with E-state index in [0.717, 1.165) is 12.6 Å². The first-order valence-corrected chi connectivity index (χ1v) is 7.82. The lowest BCUT2D eigenvalue weighted by molar-refractivity contribution is 0.528. The average molecular weight is 376 g/mol. The number of likely N-dealkylation sites (N-methyl/N-ethyl adjacent to an activating group) is 1. The molecular formula is C11H17BrClFN2O2S. The zero-order valence-electron chi connectivity index (χ0n) is 10.6. The van der Waals surface area contributed by atoms with E-state index in [-0.39, 0.29) is 29.9 Å². The number of halogens is 3. The van der Waals surface area contributed by atoms with Gasteiger partial charge in [0.2, 0.25) is 10.0 Å². The summed E-state index contributed by atoms with van der Waals surface area (Å²) in [6.07, 6.45) is 0. The standard InChI is InChI=1S/C11H16BrFN2O2S.ClH/c1-3-14-8(2)7-15-18(16,17)11-6-9(12)4-5-10(11)13;/h4-6,8,14-15H,3,7H2,1-2H3;1H/t8-;/m1./s1. The molecule has 0 amide bonds. The SMILES string of the molecule is CCN[C@H](C)CNS(=O)(=O)c1cc(Br)ccc1F.Cl. The molecule has 0 aliphatic carbocycles. The minimum absolute atomic E-state index is 0. The van der Waals surface area contributed by atoms with Gasteiger partial charge in [-0.2, -0.15) is 0 Å². The molecule has 0 saturated carbocycles.